The van der Waals surface area contributed by atoms with Crippen molar-refractivity contribution in [3.8, 4) is 11.3 Å². The Labute approximate surface area is 168 Å². The van der Waals surface area contributed by atoms with E-state index in [0.29, 0.717) is 17.9 Å². The van der Waals surface area contributed by atoms with E-state index in [1.807, 2.05) is 4.90 Å². The molecule has 0 saturated carbocycles. The minimum Gasteiger partial charge on any atom is -0.451 e. The molecule has 6 nitrogen and oxygen atoms in total. The van der Waals surface area contributed by atoms with E-state index in [4.69, 9.17) is 4.42 Å². The Morgan fingerprint density at radius 3 is 2.83 bits per heavy atom. The fourth-order valence-electron chi connectivity index (χ4n) is 4.43. The summed E-state index contributed by atoms with van der Waals surface area (Å²) in [6.45, 7) is 1.57. The van der Waals surface area contributed by atoms with Crippen LogP contribution in [-0.4, -0.2) is 32.1 Å². The number of carbonyl (C=O) groups excluding carboxylic acids is 1. The van der Waals surface area contributed by atoms with Crippen LogP contribution in [0.25, 0.3) is 11.3 Å². The fourth-order valence-corrected chi connectivity index (χ4v) is 4.43. The monoisotopic (exact) mass is 394 g/mol. The quantitative estimate of drug-likeness (QED) is 0.661. The maximum absolute atomic E-state index is 14.1. The number of benzene rings is 1. The molecule has 1 amide bonds. The van der Waals surface area contributed by atoms with Gasteiger partial charge in [0.15, 0.2) is 11.6 Å². The van der Waals surface area contributed by atoms with E-state index in [-0.39, 0.29) is 23.5 Å². The highest BCUT2D eigenvalue weighted by molar-refractivity contribution is 5.92. The van der Waals surface area contributed by atoms with Gasteiger partial charge in [0, 0.05) is 19.5 Å². The van der Waals surface area contributed by atoms with Crippen molar-refractivity contribution in [3.63, 3.8) is 0 Å². The predicted molar refractivity (Wildman–Crippen MR) is 105 cm³/mol. The molecular formula is C22H23FN4O2. The second kappa shape index (κ2) is 7.46. The normalized spacial score (nSPS) is 19.2. The summed E-state index contributed by atoms with van der Waals surface area (Å²) in [6, 6.07) is 9.59. The van der Waals surface area contributed by atoms with Crippen molar-refractivity contribution in [1.29, 1.82) is 0 Å². The summed E-state index contributed by atoms with van der Waals surface area (Å²) in [5.74, 6) is 1.95. The number of likely N-dealkylation sites (tertiary alicyclic amines) is 1. The van der Waals surface area contributed by atoms with Crippen molar-refractivity contribution in [2.24, 2.45) is 0 Å². The van der Waals surface area contributed by atoms with E-state index in [0.717, 1.165) is 50.3 Å². The van der Waals surface area contributed by atoms with Crippen molar-refractivity contribution in [3.05, 3.63) is 59.6 Å². The van der Waals surface area contributed by atoms with E-state index >= 15 is 0 Å². The minimum absolute atomic E-state index is 0.0936. The van der Waals surface area contributed by atoms with E-state index < -0.39 is 0 Å². The molecule has 5 rings (SSSR count). The molecule has 0 radical (unpaired) electrons. The maximum Gasteiger partial charge on any atom is 0.290 e. The summed E-state index contributed by atoms with van der Waals surface area (Å²) < 4.78 is 22.0. The smallest absolute Gasteiger partial charge is 0.290 e. The largest absolute Gasteiger partial charge is 0.451 e. The van der Waals surface area contributed by atoms with Gasteiger partial charge in [0.25, 0.3) is 5.91 Å². The van der Waals surface area contributed by atoms with Crippen molar-refractivity contribution in [1.82, 2.24) is 19.7 Å². The van der Waals surface area contributed by atoms with Crippen molar-refractivity contribution in [2.75, 3.05) is 6.54 Å². The summed E-state index contributed by atoms with van der Waals surface area (Å²) >= 11 is 0. The van der Waals surface area contributed by atoms with Crippen LogP contribution in [0.4, 0.5) is 4.39 Å². The van der Waals surface area contributed by atoms with Gasteiger partial charge in [-0.1, -0.05) is 18.6 Å². The van der Waals surface area contributed by atoms with E-state index in [1.165, 1.54) is 12.5 Å². The summed E-state index contributed by atoms with van der Waals surface area (Å²) in [5.41, 5.74) is 0.354. The molecule has 2 aliphatic rings. The number of aryl methyl sites for hydroxylation is 1. The van der Waals surface area contributed by atoms with Gasteiger partial charge in [-0.3, -0.25) is 4.79 Å². The van der Waals surface area contributed by atoms with Crippen LogP contribution in [-0.2, 0) is 13.0 Å². The summed E-state index contributed by atoms with van der Waals surface area (Å²) in [5, 5.41) is 8.84. The molecule has 0 aliphatic carbocycles. The number of nitrogens with zero attached hydrogens (tertiary/aromatic N) is 4. The van der Waals surface area contributed by atoms with Gasteiger partial charge in [-0.15, -0.1) is 10.2 Å². The molecule has 3 aromatic rings. The lowest BCUT2D eigenvalue weighted by Crippen LogP contribution is -2.32. The first-order valence-corrected chi connectivity index (χ1v) is 10.3. The Kier molecular flexibility index (Phi) is 4.66. The zero-order chi connectivity index (χ0) is 19.8. The number of hydrogen-bond donors (Lipinski definition) is 0. The zero-order valence-electron chi connectivity index (χ0n) is 16.2. The van der Waals surface area contributed by atoms with Crippen LogP contribution in [0.5, 0.6) is 0 Å². The Bertz CT molecular complexity index is 1040. The topological polar surface area (TPSA) is 64.2 Å². The molecule has 29 heavy (non-hydrogen) atoms. The van der Waals surface area contributed by atoms with Gasteiger partial charge < -0.3 is 13.9 Å². The number of aromatic nitrogens is 3. The highest BCUT2D eigenvalue weighted by atomic mass is 19.1. The van der Waals surface area contributed by atoms with Gasteiger partial charge in [-0.05, 0) is 49.9 Å². The highest BCUT2D eigenvalue weighted by Gasteiger charge is 2.36. The van der Waals surface area contributed by atoms with Gasteiger partial charge in [-0.2, -0.15) is 0 Å². The van der Waals surface area contributed by atoms with Crippen LogP contribution < -0.4 is 0 Å². The number of rotatable bonds is 3. The Balaban J connectivity index is 1.42. The second-order valence-electron chi connectivity index (χ2n) is 7.74. The standard InChI is InChI=1S/C22H23FN4O2/c23-16-8-4-3-7-15(16)18-11-12-19(29-18)22(28)26-14-6-9-17(26)21-25-24-20-10-2-1-5-13-27(20)21/h3-4,7-8,11-12,17H,1-2,5-6,9-10,13-14H2. The summed E-state index contributed by atoms with van der Waals surface area (Å²) in [7, 11) is 0. The van der Waals surface area contributed by atoms with Crippen LogP contribution in [0, 0.1) is 5.82 Å². The molecule has 150 valence electrons. The van der Waals surface area contributed by atoms with E-state index in [9.17, 15) is 9.18 Å². The summed E-state index contributed by atoms with van der Waals surface area (Å²) in [4.78, 5) is 15.0. The second-order valence-corrected chi connectivity index (χ2v) is 7.74. The van der Waals surface area contributed by atoms with Gasteiger partial charge in [0.05, 0.1) is 11.6 Å². The first kappa shape index (κ1) is 18.1. The van der Waals surface area contributed by atoms with Gasteiger partial charge in [-0.25, -0.2) is 4.39 Å². The number of halogens is 1. The predicted octanol–water partition coefficient (Wildman–Crippen LogP) is 4.38. The van der Waals surface area contributed by atoms with Crippen LogP contribution >= 0.6 is 0 Å². The summed E-state index contributed by atoms with van der Waals surface area (Å²) in [6.07, 6.45) is 6.17. The highest BCUT2D eigenvalue weighted by Crippen LogP contribution is 2.34. The SMILES string of the molecule is O=C(c1ccc(-c2ccccc2F)o1)N1CCCC1c1nnc2n1CCCCC2. The van der Waals surface area contributed by atoms with Crippen LogP contribution in [0.1, 0.15) is 60.3 Å². The van der Waals surface area contributed by atoms with E-state index in [1.54, 1.807) is 30.3 Å². The number of carbonyl (C=O) groups is 1. The first-order chi connectivity index (χ1) is 14.2. The Morgan fingerprint density at radius 2 is 1.93 bits per heavy atom. The first-order valence-electron chi connectivity index (χ1n) is 10.3. The average molecular weight is 394 g/mol. The number of fused-ring (bicyclic) bond motifs is 1. The third-order valence-electron chi connectivity index (χ3n) is 5.91. The zero-order valence-corrected chi connectivity index (χ0v) is 16.2. The molecule has 1 fully saturated rings. The molecule has 1 saturated heterocycles. The van der Waals surface area contributed by atoms with Gasteiger partial charge >= 0.3 is 0 Å². The van der Waals surface area contributed by atoms with Crippen molar-refractivity contribution in [2.45, 2.75) is 51.1 Å². The van der Waals surface area contributed by atoms with Crippen LogP contribution in [0.3, 0.4) is 0 Å². The molecule has 0 bridgehead atoms. The molecule has 2 aliphatic heterocycles. The third-order valence-corrected chi connectivity index (χ3v) is 5.91. The van der Waals surface area contributed by atoms with Gasteiger partial charge in [0.2, 0.25) is 0 Å². The number of hydrogen-bond acceptors (Lipinski definition) is 4. The van der Waals surface area contributed by atoms with Gasteiger partial charge in [0.1, 0.15) is 17.4 Å². The Morgan fingerprint density at radius 1 is 1.03 bits per heavy atom. The van der Waals surface area contributed by atoms with Crippen LogP contribution in [0.2, 0.25) is 0 Å². The third kappa shape index (κ3) is 3.24. The lowest BCUT2D eigenvalue weighted by atomic mass is 10.1. The molecule has 7 heteroatoms. The van der Waals surface area contributed by atoms with Crippen molar-refractivity contribution >= 4 is 5.91 Å². The lowest BCUT2D eigenvalue weighted by Gasteiger charge is -2.23. The minimum atomic E-state index is -0.369. The van der Waals surface area contributed by atoms with E-state index in [2.05, 4.69) is 14.8 Å². The molecule has 0 spiro atoms. The molecular weight excluding hydrogens is 371 g/mol. The molecule has 1 aromatic carbocycles. The molecule has 1 unspecified atom stereocenters. The maximum atomic E-state index is 14.1. The number of furan rings is 1. The molecule has 0 N–H and O–H groups in total. The van der Waals surface area contributed by atoms with Crippen molar-refractivity contribution < 1.29 is 13.6 Å². The Hall–Kier alpha value is -2.96. The lowest BCUT2D eigenvalue weighted by molar-refractivity contribution is 0.0695. The average Bonchev–Trinajstić information content (AvgIpc) is 3.45. The fraction of sp³-hybridized carbons (Fsp3) is 0.409. The molecule has 2 aromatic heterocycles. The molecule has 4 heterocycles. The van der Waals surface area contributed by atoms with Crippen LogP contribution in [0.15, 0.2) is 40.8 Å². The molecule has 1 atom stereocenters. The number of amides is 1.